The standard InChI is InChI=1S/C17H22F2N2O3/c18-13-6-3-5-12(15(13)19)17(8-1-2-9-17)11-21-16(24)20-10-4-7-14(22)23/h3,5-6H,1-2,4,7-11H2,(H,22,23)(H2,20,21,24). The predicted octanol–water partition coefficient (Wildman–Crippen LogP) is 2.94. The van der Waals surface area contributed by atoms with Crippen LogP contribution in [0.3, 0.4) is 0 Å². The van der Waals surface area contributed by atoms with E-state index in [9.17, 15) is 18.4 Å². The molecule has 1 aliphatic rings. The summed E-state index contributed by atoms with van der Waals surface area (Å²) >= 11 is 0. The van der Waals surface area contributed by atoms with Gasteiger partial charge in [-0.05, 0) is 30.9 Å². The van der Waals surface area contributed by atoms with E-state index < -0.39 is 29.0 Å². The van der Waals surface area contributed by atoms with Gasteiger partial charge in [0.25, 0.3) is 0 Å². The molecule has 132 valence electrons. The SMILES string of the molecule is O=C(O)CCCNC(=O)NCC1(c2cccc(F)c2F)CCCC1. The van der Waals surface area contributed by atoms with Gasteiger partial charge in [0.05, 0.1) is 0 Å². The number of carbonyl (C=O) groups is 2. The van der Waals surface area contributed by atoms with E-state index in [1.807, 2.05) is 0 Å². The lowest BCUT2D eigenvalue weighted by Crippen LogP contribution is -2.44. The fourth-order valence-electron chi connectivity index (χ4n) is 3.26. The van der Waals surface area contributed by atoms with Crippen molar-refractivity contribution in [2.24, 2.45) is 0 Å². The Labute approximate surface area is 139 Å². The lowest BCUT2D eigenvalue weighted by atomic mass is 9.78. The number of rotatable bonds is 7. The van der Waals surface area contributed by atoms with Gasteiger partial charge in [-0.15, -0.1) is 0 Å². The first-order chi connectivity index (χ1) is 11.4. The van der Waals surface area contributed by atoms with Gasteiger partial charge in [-0.2, -0.15) is 0 Å². The zero-order valence-corrected chi connectivity index (χ0v) is 13.4. The summed E-state index contributed by atoms with van der Waals surface area (Å²) in [6.07, 6.45) is 3.50. The minimum Gasteiger partial charge on any atom is -0.481 e. The average molecular weight is 340 g/mol. The number of urea groups is 1. The Kier molecular flexibility index (Phi) is 6.11. The fraction of sp³-hybridized carbons (Fsp3) is 0.529. The molecule has 0 heterocycles. The molecule has 3 N–H and O–H groups in total. The summed E-state index contributed by atoms with van der Waals surface area (Å²) in [7, 11) is 0. The van der Waals surface area contributed by atoms with Crippen LogP contribution in [0.15, 0.2) is 18.2 Å². The fourth-order valence-corrected chi connectivity index (χ4v) is 3.26. The monoisotopic (exact) mass is 340 g/mol. The van der Waals surface area contributed by atoms with E-state index in [1.54, 1.807) is 6.07 Å². The second-order valence-corrected chi connectivity index (χ2v) is 6.20. The highest BCUT2D eigenvalue weighted by atomic mass is 19.2. The Hall–Kier alpha value is -2.18. The molecule has 1 fully saturated rings. The molecule has 0 bridgehead atoms. The van der Waals surface area contributed by atoms with Crippen LogP contribution in [-0.2, 0) is 10.2 Å². The minimum absolute atomic E-state index is 0.0152. The van der Waals surface area contributed by atoms with E-state index in [0.29, 0.717) is 24.8 Å². The first kappa shape index (κ1) is 18.2. The van der Waals surface area contributed by atoms with Crippen molar-refractivity contribution in [3.05, 3.63) is 35.4 Å². The molecule has 1 saturated carbocycles. The molecule has 0 unspecified atom stereocenters. The Morgan fingerprint density at radius 3 is 2.54 bits per heavy atom. The van der Waals surface area contributed by atoms with Gasteiger partial charge >= 0.3 is 12.0 Å². The van der Waals surface area contributed by atoms with Gasteiger partial charge in [0.15, 0.2) is 11.6 Å². The summed E-state index contributed by atoms with van der Waals surface area (Å²) in [5, 5.41) is 13.8. The van der Waals surface area contributed by atoms with Crippen molar-refractivity contribution >= 4 is 12.0 Å². The largest absolute Gasteiger partial charge is 0.481 e. The number of nitrogens with one attached hydrogen (secondary N) is 2. The van der Waals surface area contributed by atoms with Gasteiger partial charge in [-0.3, -0.25) is 4.79 Å². The van der Waals surface area contributed by atoms with Crippen molar-refractivity contribution in [2.45, 2.75) is 43.9 Å². The van der Waals surface area contributed by atoms with Crippen molar-refractivity contribution in [3.63, 3.8) is 0 Å². The Bertz CT molecular complexity index is 601. The Morgan fingerprint density at radius 1 is 1.17 bits per heavy atom. The second-order valence-electron chi connectivity index (χ2n) is 6.20. The highest BCUT2D eigenvalue weighted by Crippen LogP contribution is 2.42. The van der Waals surface area contributed by atoms with Crippen LogP contribution in [0.2, 0.25) is 0 Å². The second kappa shape index (κ2) is 8.08. The molecule has 7 heteroatoms. The van der Waals surface area contributed by atoms with Gasteiger partial charge in [0.2, 0.25) is 0 Å². The van der Waals surface area contributed by atoms with Crippen molar-refractivity contribution in [3.8, 4) is 0 Å². The van der Waals surface area contributed by atoms with Crippen LogP contribution in [0.25, 0.3) is 0 Å². The number of amides is 2. The van der Waals surface area contributed by atoms with Crippen LogP contribution in [0.4, 0.5) is 13.6 Å². The highest BCUT2D eigenvalue weighted by molar-refractivity contribution is 5.74. The Morgan fingerprint density at radius 2 is 1.88 bits per heavy atom. The van der Waals surface area contributed by atoms with Crippen LogP contribution in [0, 0.1) is 11.6 Å². The summed E-state index contributed by atoms with van der Waals surface area (Å²) in [5.74, 6) is -2.64. The maximum absolute atomic E-state index is 14.2. The molecule has 1 aromatic carbocycles. The Balaban J connectivity index is 1.95. The lowest BCUT2D eigenvalue weighted by Gasteiger charge is -2.30. The lowest BCUT2D eigenvalue weighted by molar-refractivity contribution is -0.137. The van der Waals surface area contributed by atoms with Crippen LogP contribution in [0.1, 0.15) is 44.1 Å². The number of hydrogen-bond acceptors (Lipinski definition) is 2. The molecule has 0 saturated heterocycles. The molecule has 24 heavy (non-hydrogen) atoms. The summed E-state index contributed by atoms with van der Waals surface area (Å²) in [6.45, 7) is 0.470. The zero-order valence-electron chi connectivity index (χ0n) is 13.4. The number of hydrogen-bond donors (Lipinski definition) is 3. The summed E-state index contributed by atoms with van der Waals surface area (Å²) in [5.41, 5.74) is -0.281. The molecule has 1 aliphatic carbocycles. The number of halogens is 2. The van der Waals surface area contributed by atoms with Crippen molar-refractivity contribution in [2.75, 3.05) is 13.1 Å². The third kappa shape index (κ3) is 4.43. The molecular formula is C17H22F2N2O3. The van der Waals surface area contributed by atoms with E-state index >= 15 is 0 Å². The van der Waals surface area contributed by atoms with Gasteiger partial charge in [-0.25, -0.2) is 13.6 Å². The molecule has 0 aromatic heterocycles. The molecule has 1 aromatic rings. The molecule has 0 atom stereocenters. The van der Waals surface area contributed by atoms with Crippen molar-refractivity contribution < 1.29 is 23.5 Å². The van der Waals surface area contributed by atoms with E-state index in [1.165, 1.54) is 6.07 Å². The quantitative estimate of drug-likeness (QED) is 0.668. The van der Waals surface area contributed by atoms with Crippen LogP contribution in [-0.4, -0.2) is 30.2 Å². The summed E-state index contributed by atoms with van der Waals surface area (Å²) in [6, 6.07) is 3.73. The van der Waals surface area contributed by atoms with Crippen molar-refractivity contribution in [1.82, 2.24) is 10.6 Å². The summed E-state index contributed by atoms with van der Waals surface area (Å²) in [4.78, 5) is 22.2. The molecule has 0 spiro atoms. The highest BCUT2D eigenvalue weighted by Gasteiger charge is 2.38. The number of benzene rings is 1. The smallest absolute Gasteiger partial charge is 0.314 e. The molecular weight excluding hydrogens is 318 g/mol. The van der Waals surface area contributed by atoms with Crippen LogP contribution in [0.5, 0.6) is 0 Å². The zero-order chi connectivity index (χ0) is 17.6. The van der Waals surface area contributed by atoms with E-state index in [4.69, 9.17) is 5.11 Å². The minimum atomic E-state index is -0.913. The molecule has 5 nitrogen and oxygen atoms in total. The summed E-state index contributed by atoms with van der Waals surface area (Å²) < 4.78 is 27.7. The topological polar surface area (TPSA) is 78.4 Å². The van der Waals surface area contributed by atoms with Gasteiger partial charge in [0, 0.05) is 24.9 Å². The molecule has 0 aliphatic heterocycles. The number of carboxylic acid groups (broad SMARTS) is 1. The van der Waals surface area contributed by atoms with Gasteiger partial charge < -0.3 is 15.7 Å². The van der Waals surface area contributed by atoms with Crippen LogP contribution >= 0.6 is 0 Å². The first-order valence-electron chi connectivity index (χ1n) is 8.13. The predicted molar refractivity (Wildman–Crippen MR) is 84.8 cm³/mol. The maximum Gasteiger partial charge on any atom is 0.314 e. The van der Waals surface area contributed by atoms with E-state index in [-0.39, 0.29) is 19.5 Å². The number of aliphatic carboxylic acids is 1. The van der Waals surface area contributed by atoms with E-state index in [0.717, 1.165) is 18.9 Å². The van der Waals surface area contributed by atoms with Gasteiger partial charge in [0.1, 0.15) is 0 Å². The first-order valence-corrected chi connectivity index (χ1v) is 8.13. The van der Waals surface area contributed by atoms with Crippen LogP contribution < -0.4 is 10.6 Å². The van der Waals surface area contributed by atoms with Crippen molar-refractivity contribution in [1.29, 1.82) is 0 Å². The number of carboxylic acids is 1. The third-order valence-electron chi connectivity index (χ3n) is 4.52. The normalized spacial score (nSPS) is 15.9. The average Bonchev–Trinajstić information content (AvgIpc) is 3.02. The van der Waals surface area contributed by atoms with E-state index in [2.05, 4.69) is 10.6 Å². The number of carbonyl (C=O) groups excluding carboxylic acids is 1. The molecule has 2 rings (SSSR count). The molecule has 0 radical (unpaired) electrons. The van der Waals surface area contributed by atoms with Gasteiger partial charge in [-0.1, -0.05) is 25.0 Å². The maximum atomic E-state index is 14.2. The molecule has 2 amide bonds. The third-order valence-corrected chi connectivity index (χ3v) is 4.52.